The van der Waals surface area contributed by atoms with Crippen LogP contribution >= 0.6 is 0 Å². The second kappa shape index (κ2) is 5.87. The second-order valence-electron chi connectivity index (χ2n) is 5.51. The number of aliphatic hydroxyl groups is 4. The predicted octanol–water partition coefficient (Wildman–Crippen LogP) is -3.70. The quantitative estimate of drug-likeness (QED) is 0.255. The molecule has 7 N–H and O–H groups in total. The van der Waals surface area contributed by atoms with Crippen LogP contribution in [-0.2, 0) is 19.9 Å². The monoisotopic (exact) mass is 379 g/mol. The molecule has 14 heteroatoms. The minimum Gasteiger partial charge on any atom is -0.394 e. The molecule has 25 heavy (non-hydrogen) atoms. The number of nitrogens with one attached hydrogen (secondary N) is 2. The number of hydrogen-bond donors (Lipinski definition) is 7. The number of nitrogens with zero attached hydrogens (tertiary/aromatic N) is 3. The van der Waals surface area contributed by atoms with Gasteiger partial charge in [-0.25, -0.2) is 4.98 Å². The third-order valence-electron chi connectivity index (χ3n) is 4.00. The molecule has 1 saturated heterocycles. The van der Waals surface area contributed by atoms with Crippen LogP contribution < -0.4 is 10.6 Å². The van der Waals surface area contributed by atoms with Crippen molar-refractivity contribution in [3.8, 4) is 0 Å². The van der Waals surface area contributed by atoms with Gasteiger partial charge in [-0.3, -0.25) is 9.12 Å². The van der Waals surface area contributed by atoms with Gasteiger partial charge in [0.25, 0.3) is 0 Å². The predicted molar refractivity (Wildman–Crippen MR) is 80.0 cm³/mol. The van der Waals surface area contributed by atoms with E-state index >= 15 is 0 Å². The van der Waals surface area contributed by atoms with Crippen molar-refractivity contribution in [2.75, 3.05) is 13.7 Å². The first-order valence-corrected chi connectivity index (χ1v) is 8.52. The van der Waals surface area contributed by atoms with Crippen LogP contribution in [0.1, 0.15) is 11.9 Å². The summed E-state index contributed by atoms with van der Waals surface area (Å²) in [6, 6.07) is 0. The van der Waals surface area contributed by atoms with Crippen molar-refractivity contribution in [3.05, 3.63) is 12.0 Å². The van der Waals surface area contributed by atoms with Crippen molar-refractivity contribution < 1.29 is 38.1 Å². The van der Waals surface area contributed by atoms with Crippen molar-refractivity contribution in [2.24, 2.45) is 4.99 Å². The van der Waals surface area contributed by atoms with Crippen LogP contribution in [-0.4, -0.2) is 80.9 Å². The van der Waals surface area contributed by atoms with E-state index in [0.717, 1.165) is 10.9 Å². The fourth-order valence-corrected chi connectivity index (χ4v) is 3.27. The Morgan fingerprint density at radius 2 is 2.12 bits per heavy atom. The number of ether oxygens (including phenoxy) is 1. The molecule has 1 unspecified atom stereocenters. The Hall–Kier alpha value is -1.81. The van der Waals surface area contributed by atoms with Crippen LogP contribution in [0.5, 0.6) is 0 Å². The average Bonchev–Trinajstić information content (AvgIpc) is 3.09. The van der Waals surface area contributed by atoms with Gasteiger partial charge in [-0.15, -0.1) is 0 Å². The molecule has 0 radical (unpaired) electrons. The van der Waals surface area contributed by atoms with E-state index in [-0.39, 0.29) is 11.8 Å². The van der Waals surface area contributed by atoms with Crippen molar-refractivity contribution in [1.82, 2.24) is 20.2 Å². The molecule has 0 aromatic carbocycles. The molecule has 3 heterocycles. The van der Waals surface area contributed by atoms with E-state index < -0.39 is 52.0 Å². The number of aromatic nitrogens is 2. The smallest absolute Gasteiger partial charge is 0.321 e. The van der Waals surface area contributed by atoms with Crippen LogP contribution in [0.3, 0.4) is 0 Å². The maximum atomic E-state index is 11.6. The molecule has 2 aliphatic rings. The number of aliphatic imine (C=N–C) groups is 1. The first-order valence-electron chi connectivity index (χ1n) is 7.07. The zero-order valence-corrected chi connectivity index (χ0v) is 13.6. The Morgan fingerprint density at radius 1 is 1.44 bits per heavy atom. The van der Waals surface area contributed by atoms with Gasteiger partial charge >= 0.3 is 15.2 Å². The molecule has 1 aromatic rings. The molecular formula is C11H17N5O8S. The molecule has 0 bridgehead atoms. The second-order valence-corrected chi connectivity index (χ2v) is 7.05. The summed E-state index contributed by atoms with van der Waals surface area (Å²) in [4.78, 5) is 7.75. The highest BCUT2D eigenvalue weighted by atomic mass is 32.2. The van der Waals surface area contributed by atoms with Crippen LogP contribution in [0.15, 0.2) is 11.3 Å². The van der Waals surface area contributed by atoms with E-state index in [2.05, 4.69) is 20.6 Å². The third kappa shape index (κ3) is 2.58. The van der Waals surface area contributed by atoms with Gasteiger partial charge in [0, 0.05) is 7.05 Å². The molecule has 1 aromatic heterocycles. The summed E-state index contributed by atoms with van der Waals surface area (Å²) in [5.41, 5.74) is -0.549. The third-order valence-corrected chi connectivity index (χ3v) is 5.04. The number of aliphatic hydroxyl groups excluding tert-OH is 3. The lowest BCUT2D eigenvalue weighted by atomic mass is 10.1. The summed E-state index contributed by atoms with van der Waals surface area (Å²) in [5.74, 6) is -0.445. The first kappa shape index (κ1) is 18.0. The Kier molecular flexibility index (Phi) is 4.23. The molecule has 0 amide bonds. The summed E-state index contributed by atoms with van der Waals surface area (Å²) in [5, 5.41) is 41.1. The zero-order chi connectivity index (χ0) is 18.6. The molecule has 1 fully saturated rings. The van der Waals surface area contributed by atoms with Crippen LogP contribution in [0.4, 0.5) is 5.82 Å². The molecule has 0 spiro atoms. The van der Waals surface area contributed by atoms with Crippen LogP contribution in [0, 0.1) is 0 Å². The van der Waals surface area contributed by atoms with E-state index in [4.69, 9.17) is 9.84 Å². The van der Waals surface area contributed by atoms with Crippen molar-refractivity contribution in [2.45, 2.75) is 29.6 Å². The van der Waals surface area contributed by atoms with Gasteiger partial charge in [0.15, 0.2) is 17.7 Å². The normalized spacial score (nSPS) is 35.0. The largest absolute Gasteiger partial charge is 0.394 e. The van der Waals surface area contributed by atoms with E-state index in [0.29, 0.717) is 0 Å². The van der Waals surface area contributed by atoms with Crippen LogP contribution in [0.25, 0.3) is 0 Å². The van der Waals surface area contributed by atoms with Crippen molar-refractivity contribution >= 4 is 21.9 Å². The summed E-state index contributed by atoms with van der Waals surface area (Å²) in [6.45, 7) is -0.562. The highest BCUT2D eigenvalue weighted by molar-refractivity contribution is 7.86. The lowest BCUT2D eigenvalue weighted by Gasteiger charge is -2.30. The Balaban J connectivity index is 2.12. The minimum atomic E-state index is -5.08. The Labute approximate surface area is 141 Å². The van der Waals surface area contributed by atoms with E-state index in [1.807, 2.05) is 0 Å². The molecular weight excluding hydrogens is 362 g/mol. The maximum absolute atomic E-state index is 11.6. The Morgan fingerprint density at radius 3 is 2.64 bits per heavy atom. The zero-order valence-electron chi connectivity index (χ0n) is 12.8. The van der Waals surface area contributed by atoms with Gasteiger partial charge < -0.3 is 35.8 Å². The molecule has 0 aliphatic carbocycles. The van der Waals surface area contributed by atoms with Crippen molar-refractivity contribution in [3.63, 3.8) is 0 Å². The average molecular weight is 379 g/mol. The van der Waals surface area contributed by atoms with Gasteiger partial charge in [-0.1, -0.05) is 0 Å². The topological polar surface area (TPSA) is 199 Å². The fraction of sp³-hybridized carbons (Fsp3) is 0.636. The van der Waals surface area contributed by atoms with E-state index in [9.17, 15) is 28.3 Å². The summed E-state index contributed by atoms with van der Waals surface area (Å²) >= 11 is 0. The van der Waals surface area contributed by atoms with E-state index in [1.165, 1.54) is 7.05 Å². The summed E-state index contributed by atoms with van der Waals surface area (Å²) in [6.07, 6.45) is -4.19. The number of imidazole rings is 1. The molecule has 13 nitrogen and oxygen atoms in total. The lowest BCUT2D eigenvalue weighted by Crippen LogP contribution is -2.56. The number of hydrogen-bond acceptors (Lipinski definition) is 11. The Bertz CT molecular complexity index is 809. The highest BCUT2D eigenvalue weighted by Crippen LogP contribution is 2.39. The first-order chi connectivity index (χ1) is 11.6. The van der Waals surface area contributed by atoms with Gasteiger partial charge in [-0.05, 0) is 0 Å². The van der Waals surface area contributed by atoms with Gasteiger partial charge in [-0.2, -0.15) is 13.4 Å². The van der Waals surface area contributed by atoms with Gasteiger partial charge in [0.2, 0.25) is 5.96 Å². The van der Waals surface area contributed by atoms with E-state index in [1.54, 1.807) is 0 Å². The minimum absolute atomic E-state index is 0.207. The number of fused-ring (bicyclic) bond motifs is 1. The molecule has 3 rings (SSSR count). The van der Waals surface area contributed by atoms with Crippen LogP contribution in [0.2, 0.25) is 0 Å². The molecule has 5 atom stereocenters. The molecule has 140 valence electrons. The molecule has 2 aliphatic heterocycles. The number of guanidine groups is 1. The number of rotatable bonds is 3. The summed E-state index contributed by atoms with van der Waals surface area (Å²) < 4.78 is 39.1. The van der Waals surface area contributed by atoms with Crippen molar-refractivity contribution in [1.29, 1.82) is 0 Å². The maximum Gasteiger partial charge on any atom is 0.321 e. The summed E-state index contributed by atoms with van der Waals surface area (Å²) in [7, 11) is -3.69. The lowest BCUT2D eigenvalue weighted by molar-refractivity contribution is -0.0521. The fourth-order valence-electron chi connectivity index (χ4n) is 2.66. The SMILES string of the molecule is CNC1=Nc2c(ncn2[C@@H]2O[C@H](CO)[C@@H](O)[C@H]2O)C(O)(S(=O)(=O)O)N1. The highest BCUT2D eigenvalue weighted by Gasteiger charge is 2.52. The van der Waals surface area contributed by atoms with Gasteiger partial charge in [0.1, 0.15) is 18.3 Å². The standard InChI is InChI=1S/C11H17N5O8S/c1-12-10-14-8-7(11(20,15-10)25(21,22)23)13-3-16(8)9-6(19)5(18)4(2-17)24-9/h3-6,9,17-20H,2H2,1H3,(H2,12,14,15)(H,21,22,23)/t4-,5-,6-,9-,11?/m1/s1. The van der Waals surface area contributed by atoms with Gasteiger partial charge in [0.05, 0.1) is 12.9 Å². The molecule has 0 saturated carbocycles.